The number of esters is 4. The van der Waals surface area contributed by atoms with Gasteiger partial charge in [-0.1, -0.05) is 0 Å². The lowest BCUT2D eigenvalue weighted by Gasteiger charge is -2.42. The Kier molecular flexibility index (Phi) is 6.49. The molecule has 1 saturated heterocycles. The van der Waals surface area contributed by atoms with Crippen LogP contribution in [0.4, 0.5) is 0 Å². The maximum Gasteiger partial charge on any atom is 0.305 e. The zero-order valence-electron chi connectivity index (χ0n) is 13.6. The number of ether oxygens (including phenoxy) is 5. The fourth-order valence-corrected chi connectivity index (χ4v) is 2.23. The van der Waals surface area contributed by atoms with Gasteiger partial charge >= 0.3 is 23.9 Å². The molecule has 1 heterocycles. The summed E-state index contributed by atoms with van der Waals surface area (Å²) in [6, 6.07) is 0. The maximum atomic E-state index is 11.4. The molecule has 9 heteroatoms. The highest BCUT2D eigenvalue weighted by atomic mass is 16.7. The number of hydrogen-bond donors (Lipinski definition) is 0. The van der Waals surface area contributed by atoms with Gasteiger partial charge in [-0.2, -0.15) is 0 Å². The predicted molar refractivity (Wildman–Crippen MR) is 72.8 cm³/mol. The van der Waals surface area contributed by atoms with Gasteiger partial charge in [-0.25, -0.2) is 0 Å². The van der Waals surface area contributed by atoms with Crippen LogP contribution in [0.3, 0.4) is 0 Å². The first kappa shape index (κ1) is 18.9. The van der Waals surface area contributed by atoms with Crippen LogP contribution in [-0.2, 0) is 42.9 Å². The van der Waals surface area contributed by atoms with E-state index in [1.54, 1.807) is 6.92 Å². The quantitative estimate of drug-likeness (QED) is 0.521. The molecule has 3 unspecified atom stereocenters. The van der Waals surface area contributed by atoms with Crippen LogP contribution >= 0.6 is 0 Å². The minimum atomic E-state index is -1.29. The second kappa shape index (κ2) is 7.91. The number of carbonyl (C=O) groups excluding carboxylic acids is 4. The van der Waals surface area contributed by atoms with Crippen molar-refractivity contribution in [2.75, 3.05) is 0 Å². The maximum absolute atomic E-state index is 11.4. The molecule has 0 N–H and O–H groups in total. The average Bonchev–Trinajstić information content (AvgIpc) is 2.36. The number of rotatable bonds is 4. The molecule has 0 aromatic heterocycles. The summed E-state index contributed by atoms with van der Waals surface area (Å²) < 4.78 is 25.7. The molecule has 5 atom stereocenters. The zero-order chi connectivity index (χ0) is 17.7. The second-order valence-corrected chi connectivity index (χ2v) is 5.04. The normalized spacial score (nSPS) is 30.0. The van der Waals surface area contributed by atoms with Gasteiger partial charge < -0.3 is 23.7 Å². The van der Waals surface area contributed by atoms with Crippen LogP contribution < -0.4 is 0 Å². The van der Waals surface area contributed by atoms with E-state index in [0.29, 0.717) is 0 Å². The standard InChI is InChI=1S/C14H20O9/c1-6-11(20-7(2)15)12(21-8(3)16)13(22-9(4)17)14(19-6)23-10(5)18/h6,11-14H,1-5H3/t6-,11?,12?,13-,14?/m0/s1. The van der Waals surface area contributed by atoms with Gasteiger partial charge in [0.2, 0.25) is 12.4 Å². The number of hydrogen-bond acceptors (Lipinski definition) is 9. The molecule has 0 amide bonds. The molecular weight excluding hydrogens is 312 g/mol. The van der Waals surface area contributed by atoms with Gasteiger partial charge in [-0.05, 0) is 6.92 Å². The Morgan fingerprint density at radius 3 is 1.48 bits per heavy atom. The lowest BCUT2D eigenvalue weighted by atomic mass is 9.99. The van der Waals surface area contributed by atoms with Crippen molar-refractivity contribution in [1.82, 2.24) is 0 Å². The SMILES string of the molecule is CC(=O)OC1O[C@@H](C)C(OC(C)=O)C(OC(C)=O)[C@@H]1OC(C)=O. The molecule has 0 radical (unpaired) electrons. The summed E-state index contributed by atoms with van der Waals surface area (Å²) in [7, 11) is 0. The van der Waals surface area contributed by atoms with Gasteiger partial charge in [0, 0.05) is 27.7 Å². The molecule has 9 nitrogen and oxygen atoms in total. The molecular formula is C14H20O9. The molecule has 1 aliphatic heterocycles. The van der Waals surface area contributed by atoms with E-state index < -0.39 is 54.6 Å². The molecule has 1 rings (SSSR count). The molecule has 0 saturated carbocycles. The molecule has 0 aromatic rings. The number of carbonyl (C=O) groups is 4. The Morgan fingerprint density at radius 1 is 0.652 bits per heavy atom. The van der Waals surface area contributed by atoms with Gasteiger partial charge in [0.05, 0.1) is 6.10 Å². The minimum absolute atomic E-state index is 0.630. The van der Waals surface area contributed by atoms with Crippen molar-refractivity contribution in [3.8, 4) is 0 Å². The molecule has 0 aliphatic carbocycles. The van der Waals surface area contributed by atoms with Gasteiger partial charge in [0.15, 0.2) is 12.2 Å². The van der Waals surface area contributed by atoms with Gasteiger partial charge in [-0.15, -0.1) is 0 Å². The predicted octanol–water partition coefficient (Wildman–Crippen LogP) is 0.0894. The molecule has 130 valence electrons. The Hall–Kier alpha value is -2.16. The second-order valence-electron chi connectivity index (χ2n) is 5.04. The van der Waals surface area contributed by atoms with E-state index in [1.165, 1.54) is 6.92 Å². The van der Waals surface area contributed by atoms with E-state index in [0.717, 1.165) is 20.8 Å². The Bertz CT molecular complexity index is 487. The van der Waals surface area contributed by atoms with Crippen LogP contribution in [0.2, 0.25) is 0 Å². The lowest BCUT2D eigenvalue weighted by molar-refractivity contribution is -0.292. The average molecular weight is 332 g/mol. The molecule has 23 heavy (non-hydrogen) atoms. The van der Waals surface area contributed by atoms with E-state index in [1.807, 2.05) is 0 Å². The van der Waals surface area contributed by atoms with Crippen LogP contribution in [0, 0.1) is 0 Å². The van der Waals surface area contributed by atoms with E-state index in [2.05, 4.69) is 0 Å². The fourth-order valence-electron chi connectivity index (χ4n) is 2.23. The van der Waals surface area contributed by atoms with Crippen LogP contribution in [0.25, 0.3) is 0 Å². The highest BCUT2D eigenvalue weighted by Gasteiger charge is 2.51. The monoisotopic (exact) mass is 332 g/mol. The van der Waals surface area contributed by atoms with E-state index >= 15 is 0 Å². The first-order valence-electron chi connectivity index (χ1n) is 6.96. The summed E-state index contributed by atoms with van der Waals surface area (Å²) in [5, 5.41) is 0. The van der Waals surface area contributed by atoms with Crippen molar-refractivity contribution in [2.45, 2.75) is 65.3 Å². The van der Waals surface area contributed by atoms with Gasteiger partial charge in [-0.3, -0.25) is 19.2 Å². The molecule has 0 aromatic carbocycles. The summed E-state index contributed by atoms with van der Waals surface area (Å²) in [5.74, 6) is -2.69. The molecule has 0 bridgehead atoms. The third kappa shape index (κ3) is 5.51. The van der Waals surface area contributed by atoms with Gasteiger partial charge in [0.25, 0.3) is 0 Å². The van der Waals surface area contributed by atoms with Gasteiger partial charge in [0.1, 0.15) is 0 Å². The van der Waals surface area contributed by atoms with Crippen molar-refractivity contribution in [1.29, 1.82) is 0 Å². The topological polar surface area (TPSA) is 114 Å². The summed E-state index contributed by atoms with van der Waals surface area (Å²) in [6.07, 6.45) is -5.51. The van der Waals surface area contributed by atoms with E-state index in [9.17, 15) is 19.2 Å². The minimum Gasteiger partial charge on any atom is -0.456 e. The van der Waals surface area contributed by atoms with Crippen molar-refractivity contribution in [3.05, 3.63) is 0 Å². The Balaban J connectivity index is 3.15. The summed E-state index contributed by atoms with van der Waals surface area (Å²) in [6.45, 7) is 6.16. The van der Waals surface area contributed by atoms with Crippen LogP contribution in [0.15, 0.2) is 0 Å². The highest BCUT2D eigenvalue weighted by Crippen LogP contribution is 2.29. The summed E-state index contributed by atoms with van der Waals surface area (Å²) in [4.78, 5) is 45.1. The Morgan fingerprint density at radius 2 is 1.04 bits per heavy atom. The van der Waals surface area contributed by atoms with Crippen molar-refractivity contribution in [2.24, 2.45) is 0 Å². The smallest absolute Gasteiger partial charge is 0.305 e. The largest absolute Gasteiger partial charge is 0.456 e. The molecule has 1 aliphatic rings. The first-order chi connectivity index (χ1) is 10.6. The van der Waals surface area contributed by atoms with Crippen LogP contribution in [0.1, 0.15) is 34.6 Å². The third-order valence-electron chi connectivity index (χ3n) is 2.92. The summed E-state index contributed by atoms with van der Waals surface area (Å²) >= 11 is 0. The van der Waals surface area contributed by atoms with E-state index in [4.69, 9.17) is 23.7 Å². The van der Waals surface area contributed by atoms with Crippen molar-refractivity contribution >= 4 is 23.9 Å². The third-order valence-corrected chi connectivity index (χ3v) is 2.92. The molecule has 1 fully saturated rings. The zero-order valence-corrected chi connectivity index (χ0v) is 13.6. The van der Waals surface area contributed by atoms with Crippen LogP contribution in [-0.4, -0.2) is 54.6 Å². The van der Waals surface area contributed by atoms with Crippen molar-refractivity contribution < 1.29 is 42.9 Å². The van der Waals surface area contributed by atoms with Crippen LogP contribution in [0.5, 0.6) is 0 Å². The van der Waals surface area contributed by atoms with E-state index in [-0.39, 0.29) is 0 Å². The first-order valence-corrected chi connectivity index (χ1v) is 6.96. The Labute approximate surface area is 133 Å². The molecule has 0 spiro atoms. The fraction of sp³-hybridized carbons (Fsp3) is 0.714. The van der Waals surface area contributed by atoms with Crippen molar-refractivity contribution in [3.63, 3.8) is 0 Å². The highest BCUT2D eigenvalue weighted by molar-refractivity contribution is 5.69. The summed E-state index contributed by atoms with van der Waals surface area (Å²) in [5.41, 5.74) is 0. The lowest BCUT2D eigenvalue weighted by Crippen LogP contribution is -2.61.